The van der Waals surface area contributed by atoms with Crippen LogP contribution in [-0.4, -0.2) is 22.7 Å². The third-order valence-corrected chi connectivity index (χ3v) is 4.91. The normalized spacial score (nSPS) is 19.2. The largest absolute Gasteiger partial charge is 0.381 e. The lowest BCUT2D eigenvalue weighted by molar-refractivity contribution is 0.0970. The van der Waals surface area contributed by atoms with Gasteiger partial charge in [0.1, 0.15) is 0 Å². The first kappa shape index (κ1) is 10.6. The summed E-state index contributed by atoms with van der Waals surface area (Å²) in [5.74, 6) is 0. The van der Waals surface area contributed by atoms with Gasteiger partial charge in [0.2, 0.25) is 0 Å². The van der Waals surface area contributed by atoms with Crippen LogP contribution in [0.4, 0.5) is 0 Å². The molecule has 15 heavy (non-hydrogen) atoms. The van der Waals surface area contributed by atoms with Crippen LogP contribution in [0.1, 0.15) is 18.4 Å². The third-order valence-electron chi connectivity index (χ3n) is 2.92. The first-order chi connectivity index (χ1) is 7.45. The molecule has 2 heteroatoms. The Labute approximate surface area is 94.0 Å². The molecule has 1 aliphatic heterocycles. The van der Waals surface area contributed by atoms with Crippen LogP contribution < -0.4 is 0 Å². The van der Waals surface area contributed by atoms with Crippen LogP contribution in [0.25, 0.3) is 6.08 Å². The molecule has 1 fully saturated rings. The van der Waals surface area contributed by atoms with Crippen molar-refractivity contribution in [2.75, 3.05) is 13.2 Å². The number of hydrogen-bond acceptors (Lipinski definition) is 1. The van der Waals surface area contributed by atoms with E-state index in [1.165, 1.54) is 18.4 Å². The van der Waals surface area contributed by atoms with Crippen molar-refractivity contribution in [2.24, 2.45) is 0 Å². The Kier molecular flexibility index (Phi) is 4.18. The molecular formula is C13H18OSi. The lowest BCUT2D eigenvalue weighted by Gasteiger charge is -2.19. The number of rotatable bonds is 3. The average Bonchev–Trinajstić information content (AvgIpc) is 2.32. The SMILES string of the molecule is C(=Cc1ccccc1)[SiH2]C1CCOCC1. The molecule has 0 amide bonds. The van der Waals surface area contributed by atoms with E-state index in [2.05, 4.69) is 42.1 Å². The lowest BCUT2D eigenvalue weighted by atomic mass is 10.2. The van der Waals surface area contributed by atoms with Crippen LogP contribution in [0.15, 0.2) is 36.0 Å². The van der Waals surface area contributed by atoms with Crippen molar-refractivity contribution in [2.45, 2.75) is 18.4 Å². The zero-order valence-corrected chi connectivity index (χ0v) is 10.5. The zero-order chi connectivity index (χ0) is 10.3. The van der Waals surface area contributed by atoms with E-state index in [4.69, 9.17) is 4.74 Å². The summed E-state index contributed by atoms with van der Waals surface area (Å²) in [6.45, 7) is 1.97. The minimum atomic E-state index is -0.0388. The number of benzene rings is 1. The molecule has 0 aromatic heterocycles. The highest BCUT2D eigenvalue weighted by Gasteiger charge is 2.11. The van der Waals surface area contributed by atoms with Crippen LogP contribution in [0.5, 0.6) is 0 Å². The Hall–Kier alpha value is -0.863. The predicted molar refractivity (Wildman–Crippen MR) is 67.8 cm³/mol. The van der Waals surface area contributed by atoms with Crippen molar-refractivity contribution in [1.29, 1.82) is 0 Å². The van der Waals surface area contributed by atoms with Crippen molar-refractivity contribution in [3.8, 4) is 0 Å². The zero-order valence-electron chi connectivity index (χ0n) is 9.06. The smallest absolute Gasteiger partial charge is 0.0486 e. The monoisotopic (exact) mass is 218 g/mol. The predicted octanol–water partition coefficient (Wildman–Crippen LogP) is 2.42. The van der Waals surface area contributed by atoms with Crippen LogP contribution in [0.3, 0.4) is 0 Å². The maximum Gasteiger partial charge on any atom is 0.0486 e. The molecule has 0 radical (unpaired) electrons. The van der Waals surface area contributed by atoms with Gasteiger partial charge in [0, 0.05) is 22.7 Å². The summed E-state index contributed by atoms with van der Waals surface area (Å²) in [7, 11) is -0.0388. The van der Waals surface area contributed by atoms with E-state index in [1.807, 2.05) is 0 Å². The van der Waals surface area contributed by atoms with Crippen molar-refractivity contribution >= 4 is 15.6 Å². The topological polar surface area (TPSA) is 9.23 Å². The van der Waals surface area contributed by atoms with Crippen molar-refractivity contribution in [1.82, 2.24) is 0 Å². The lowest BCUT2D eigenvalue weighted by Crippen LogP contribution is -2.15. The molecule has 1 nitrogen and oxygen atoms in total. The van der Waals surface area contributed by atoms with E-state index in [0.29, 0.717) is 0 Å². The van der Waals surface area contributed by atoms with E-state index in [9.17, 15) is 0 Å². The molecule has 1 aliphatic rings. The fraction of sp³-hybridized carbons (Fsp3) is 0.385. The second-order valence-electron chi connectivity index (χ2n) is 4.10. The summed E-state index contributed by atoms with van der Waals surface area (Å²) in [4.78, 5) is 0. The molecule has 1 heterocycles. The highest BCUT2D eigenvalue weighted by Crippen LogP contribution is 2.19. The van der Waals surface area contributed by atoms with E-state index >= 15 is 0 Å². The first-order valence-corrected chi connectivity index (χ1v) is 7.38. The van der Waals surface area contributed by atoms with Gasteiger partial charge >= 0.3 is 0 Å². The second kappa shape index (κ2) is 5.88. The molecule has 1 aromatic carbocycles. The standard InChI is InChI=1S/C13H18OSi/c1-2-4-12(5-3-1)8-11-15-13-6-9-14-10-7-13/h1-5,8,11,13H,6-7,9-10,15H2. The molecule has 2 rings (SSSR count). The van der Waals surface area contributed by atoms with Crippen molar-refractivity contribution in [3.63, 3.8) is 0 Å². The van der Waals surface area contributed by atoms with E-state index in [0.717, 1.165) is 18.8 Å². The fourth-order valence-corrected chi connectivity index (χ4v) is 3.54. The maximum atomic E-state index is 5.36. The Balaban J connectivity index is 1.79. The fourth-order valence-electron chi connectivity index (χ4n) is 1.94. The van der Waals surface area contributed by atoms with E-state index in [1.54, 1.807) is 0 Å². The summed E-state index contributed by atoms with van der Waals surface area (Å²) in [5.41, 5.74) is 4.74. The summed E-state index contributed by atoms with van der Waals surface area (Å²) in [6, 6.07) is 10.6. The molecule has 1 aromatic rings. The molecule has 0 bridgehead atoms. The molecule has 0 saturated carbocycles. The third kappa shape index (κ3) is 3.65. The second-order valence-corrected chi connectivity index (χ2v) is 6.20. The van der Waals surface area contributed by atoms with Gasteiger partial charge in [-0.15, -0.1) is 5.70 Å². The van der Waals surface area contributed by atoms with Gasteiger partial charge in [-0.25, -0.2) is 0 Å². The van der Waals surface area contributed by atoms with Gasteiger partial charge < -0.3 is 4.74 Å². The molecule has 0 atom stereocenters. The Morgan fingerprint density at radius 2 is 1.87 bits per heavy atom. The maximum absolute atomic E-state index is 5.36. The van der Waals surface area contributed by atoms with Gasteiger partial charge in [-0.05, 0) is 23.9 Å². The summed E-state index contributed by atoms with van der Waals surface area (Å²) >= 11 is 0. The molecule has 0 aliphatic carbocycles. The van der Waals surface area contributed by atoms with Crippen molar-refractivity contribution in [3.05, 3.63) is 41.6 Å². The quantitative estimate of drug-likeness (QED) is 0.708. The summed E-state index contributed by atoms with van der Waals surface area (Å²) in [5, 5.41) is 0. The van der Waals surface area contributed by atoms with Crippen LogP contribution in [0.2, 0.25) is 5.54 Å². The summed E-state index contributed by atoms with van der Waals surface area (Å²) < 4.78 is 5.36. The van der Waals surface area contributed by atoms with Gasteiger partial charge in [-0.3, -0.25) is 0 Å². The van der Waals surface area contributed by atoms with Gasteiger partial charge in [-0.1, -0.05) is 36.4 Å². The van der Waals surface area contributed by atoms with E-state index in [-0.39, 0.29) is 9.52 Å². The van der Waals surface area contributed by atoms with Crippen molar-refractivity contribution < 1.29 is 4.74 Å². The minimum Gasteiger partial charge on any atom is -0.381 e. The Bertz CT molecular complexity index is 302. The Morgan fingerprint density at radius 3 is 2.60 bits per heavy atom. The molecule has 0 N–H and O–H groups in total. The number of ether oxygens (including phenoxy) is 1. The highest BCUT2D eigenvalue weighted by molar-refractivity contribution is 6.45. The highest BCUT2D eigenvalue weighted by atomic mass is 28.2. The summed E-state index contributed by atoms with van der Waals surface area (Å²) in [6.07, 6.45) is 4.85. The van der Waals surface area contributed by atoms with Crippen LogP contribution in [0, 0.1) is 0 Å². The number of hydrogen-bond donors (Lipinski definition) is 0. The minimum absolute atomic E-state index is 0.0388. The molecule has 0 spiro atoms. The van der Waals surface area contributed by atoms with Crippen LogP contribution >= 0.6 is 0 Å². The van der Waals surface area contributed by atoms with Gasteiger partial charge in [0.15, 0.2) is 0 Å². The Morgan fingerprint density at radius 1 is 1.13 bits per heavy atom. The average molecular weight is 218 g/mol. The van der Waals surface area contributed by atoms with E-state index < -0.39 is 0 Å². The van der Waals surface area contributed by atoms with Gasteiger partial charge in [-0.2, -0.15) is 0 Å². The molecule has 1 saturated heterocycles. The van der Waals surface area contributed by atoms with Gasteiger partial charge in [0.05, 0.1) is 0 Å². The molecular weight excluding hydrogens is 200 g/mol. The molecule has 0 unspecified atom stereocenters. The first-order valence-electron chi connectivity index (χ1n) is 5.74. The van der Waals surface area contributed by atoms with Gasteiger partial charge in [0.25, 0.3) is 0 Å². The molecule has 80 valence electrons. The van der Waals surface area contributed by atoms with Crippen LogP contribution in [-0.2, 0) is 4.74 Å².